The molecule has 3 fully saturated rings. The highest BCUT2D eigenvalue weighted by Crippen LogP contribution is 2.54. The zero-order valence-electron chi connectivity index (χ0n) is 27.0. The molecule has 264 valence electrons. The summed E-state index contributed by atoms with van der Waals surface area (Å²) in [5, 5.41) is 3.07. The Hall–Kier alpha value is -4.03. The monoisotopic (exact) mass is 727 g/mol. The van der Waals surface area contributed by atoms with E-state index in [1.54, 1.807) is 4.90 Å². The van der Waals surface area contributed by atoms with Gasteiger partial charge in [0.15, 0.2) is 25.7 Å². The minimum absolute atomic E-state index is 0.110. The van der Waals surface area contributed by atoms with E-state index in [1.807, 2.05) is 0 Å². The molecular weight excluding hydrogens is 693 g/mol. The first-order valence-corrected chi connectivity index (χ1v) is 18.9. The number of pyridine rings is 2. The highest BCUT2D eigenvalue weighted by Gasteiger charge is 2.56. The maximum Gasteiger partial charge on any atom is 0.243 e. The third-order valence-corrected chi connectivity index (χ3v) is 12.5. The van der Waals surface area contributed by atoms with Crippen LogP contribution in [0.5, 0.6) is 5.88 Å². The Kier molecular flexibility index (Phi) is 8.37. The Morgan fingerprint density at radius 1 is 1.14 bits per heavy atom. The number of rotatable bonds is 7. The minimum atomic E-state index is -4.04. The summed E-state index contributed by atoms with van der Waals surface area (Å²) in [6.07, 6.45) is 3.38. The second-order valence-corrected chi connectivity index (χ2v) is 16.2. The number of anilines is 2. The van der Waals surface area contributed by atoms with Crippen LogP contribution >= 0.6 is 11.3 Å². The van der Waals surface area contributed by atoms with Gasteiger partial charge in [-0.1, -0.05) is 17.9 Å². The normalized spacial score (nSPS) is 23.2. The molecule has 0 radical (unpaired) electrons. The number of hydrogen-bond donors (Lipinski definition) is 2. The van der Waals surface area contributed by atoms with Crippen molar-refractivity contribution in [2.24, 2.45) is 5.41 Å². The van der Waals surface area contributed by atoms with Gasteiger partial charge in [0.2, 0.25) is 11.8 Å². The third kappa shape index (κ3) is 5.83. The average Bonchev–Trinajstić information content (AvgIpc) is 3.82. The summed E-state index contributed by atoms with van der Waals surface area (Å²) >= 11 is 0.939. The van der Waals surface area contributed by atoms with Crippen LogP contribution in [0.2, 0.25) is 0 Å². The number of thiazole rings is 1. The van der Waals surface area contributed by atoms with Crippen LogP contribution in [0, 0.1) is 17.0 Å². The van der Waals surface area contributed by atoms with E-state index in [9.17, 15) is 17.6 Å². The first kappa shape index (κ1) is 33.1. The molecule has 1 amide bonds. The average molecular weight is 728 g/mol. The van der Waals surface area contributed by atoms with Crippen molar-refractivity contribution >= 4 is 59.0 Å². The number of nitrogens with zero attached hydrogens (tertiary/aromatic N) is 5. The van der Waals surface area contributed by atoms with Crippen LogP contribution in [0.4, 0.5) is 19.6 Å². The predicted octanol–water partition coefficient (Wildman–Crippen LogP) is 2.92. The van der Waals surface area contributed by atoms with E-state index in [0.29, 0.717) is 19.8 Å². The number of nitrogens with two attached hydrogens (primary N) is 1. The molecule has 4 aliphatic rings. The molecule has 4 aromatic rings. The van der Waals surface area contributed by atoms with Crippen LogP contribution in [-0.4, -0.2) is 111 Å². The van der Waals surface area contributed by atoms with Crippen LogP contribution < -0.4 is 20.7 Å². The highest BCUT2D eigenvalue weighted by atomic mass is 32.2. The third-order valence-electron chi connectivity index (χ3n) is 9.91. The summed E-state index contributed by atoms with van der Waals surface area (Å²) in [5.74, 6) is -2.27. The van der Waals surface area contributed by atoms with Crippen LogP contribution in [0.15, 0.2) is 35.9 Å². The lowest BCUT2D eigenvalue weighted by molar-refractivity contribution is -0.117. The van der Waals surface area contributed by atoms with Gasteiger partial charge in [-0.15, -0.1) is 0 Å². The number of nitrogens with one attached hydrogen (secondary N) is 1. The second kappa shape index (κ2) is 12.6. The van der Waals surface area contributed by atoms with Crippen molar-refractivity contribution in [2.45, 2.75) is 29.9 Å². The fourth-order valence-electron chi connectivity index (χ4n) is 7.24. The lowest BCUT2D eigenvalue weighted by Gasteiger charge is -2.37. The number of aromatic nitrogens is 3. The summed E-state index contributed by atoms with van der Waals surface area (Å²) < 4.78 is 78.5. The van der Waals surface area contributed by atoms with Gasteiger partial charge in [0.1, 0.15) is 23.1 Å². The maximum atomic E-state index is 16.9. The molecule has 8 rings (SSSR count). The molecular formula is C33H35F2N7O6S2. The van der Waals surface area contributed by atoms with Crippen molar-refractivity contribution in [1.29, 1.82) is 0 Å². The van der Waals surface area contributed by atoms with E-state index in [2.05, 4.69) is 31.7 Å². The van der Waals surface area contributed by atoms with Gasteiger partial charge in [-0.3, -0.25) is 14.7 Å². The number of carbonyl (C=O) groups is 1. The number of morpholine rings is 1. The van der Waals surface area contributed by atoms with Gasteiger partial charge >= 0.3 is 0 Å². The molecule has 13 nitrogen and oxygen atoms in total. The Morgan fingerprint density at radius 3 is 2.68 bits per heavy atom. The smallest absolute Gasteiger partial charge is 0.243 e. The Morgan fingerprint density at radius 2 is 1.92 bits per heavy atom. The number of amides is 1. The molecule has 1 saturated carbocycles. The number of fused-ring (bicyclic) bond motifs is 3. The van der Waals surface area contributed by atoms with Crippen LogP contribution in [0.1, 0.15) is 12.8 Å². The number of ether oxygens (including phenoxy) is 3. The van der Waals surface area contributed by atoms with Crippen molar-refractivity contribution in [3.8, 4) is 17.1 Å². The number of nitrogen functional groups attached to an aromatic ring is 1. The van der Waals surface area contributed by atoms with E-state index < -0.39 is 44.9 Å². The summed E-state index contributed by atoms with van der Waals surface area (Å²) in [6.45, 7) is 7.63. The molecule has 50 heavy (non-hydrogen) atoms. The molecule has 2 atom stereocenters. The fraction of sp³-hybridized carbons (Fsp3) is 0.455. The molecule has 0 spiro atoms. The molecule has 3 N–H and O–H groups in total. The molecule has 1 aromatic carbocycles. The lowest BCUT2D eigenvalue weighted by atomic mass is 9.99. The molecule has 6 heterocycles. The Balaban J connectivity index is 1.29. The standard InChI is InChI=1S/C33H35F2N7O6S2/c1-2-23(43)38-18-14-42(9-12-47-15-18)28-20-13-37-25(19-3-4-21(34)29-27(19)40-32(36)49-29)24(35)26(20)39-31-30(28)50(44,45)16-22(48-31)33(5-6-33)17-41-7-10-46-11-8-41/h2-4,13,18,22H,1,5-12,14-17H2,(H2,36,40)(H,38,43)/t18-,22+/m1/s1. The topological polar surface area (TPSA) is 162 Å². The number of carbonyl (C=O) groups excluding carboxylic acids is 1. The molecule has 0 bridgehead atoms. The quantitative estimate of drug-likeness (QED) is 0.268. The minimum Gasteiger partial charge on any atom is -0.472 e. The van der Waals surface area contributed by atoms with Crippen molar-refractivity contribution in [3.63, 3.8) is 0 Å². The van der Waals surface area contributed by atoms with Crippen LogP contribution in [0.3, 0.4) is 0 Å². The molecule has 3 aliphatic heterocycles. The van der Waals surface area contributed by atoms with Crippen LogP contribution in [-0.2, 0) is 24.1 Å². The molecule has 17 heteroatoms. The van der Waals surface area contributed by atoms with E-state index in [4.69, 9.17) is 19.9 Å². The van der Waals surface area contributed by atoms with Crippen molar-refractivity contribution < 1.29 is 36.2 Å². The van der Waals surface area contributed by atoms with Gasteiger partial charge in [0, 0.05) is 55.3 Å². The van der Waals surface area contributed by atoms with Crippen molar-refractivity contribution in [3.05, 3.63) is 42.6 Å². The van der Waals surface area contributed by atoms with E-state index >= 15 is 4.39 Å². The first-order valence-electron chi connectivity index (χ1n) is 16.4. The number of benzene rings is 1. The van der Waals surface area contributed by atoms with Gasteiger partial charge < -0.3 is 30.2 Å². The van der Waals surface area contributed by atoms with E-state index in [0.717, 1.165) is 43.3 Å². The van der Waals surface area contributed by atoms with Gasteiger partial charge in [0.05, 0.1) is 54.1 Å². The van der Waals surface area contributed by atoms with E-state index in [1.165, 1.54) is 18.3 Å². The number of sulfone groups is 1. The molecule has 0 unspecified atom stereocenters. The zero-order chi connectivity index (χ0) is 34.8. The summed E-state index contributed by atoms with van der Waals surface area (Å²) in [6, 6.07) is 2.04. The fourth-order valence-corrected chi connectivity index (χ4v) is 9.89. The number of hydrogen-bond acceptors (Lipinski definition) is 13. The maximum absolute atomic E-state index is 16.9. The van der Waals surface area contributed by atoms with Gasteiger partial charge in [0.25, 0.3) is 0 Å². The van der Waals surface area contributed by atoms with Gasteiger partial charge in [-0.2, -0.15) is 0 Å². The van der Waals surface area contributed by atoms with E-state index in [-0.39, 0.29) is 86.0 Å². The SMILES string of the molecule is C=CC(=O)N[C@H]1COCCN(c2c3c(nc4c(F)c(-c5ccc(F)c6sc(N)nc56)ncc24)O[C@H](C2(CN4CCOCC4)CC2)CS3(=O)=O)C1. The van der Waals surface area contributed by atoms with Gasteiger partial charge in [-0.05, 0) is 31.1 Å². The first-order chi connectivity index (χ1) is 24.1. The lowest BCUT2D eigenvalue weighted by Crippen LogP contribution is -2.48. The molecule has 2 saturated heterocycles. The Labute approximate surface area is 290 Å². The van der Waals surface area contributed by atoms with Crippen molar-refractivity contribution in [1.82, 2.24) is 25.2 Å². The number of halogens is 2. The Bertz CT molecular complexity index is 2140. The summed E-state index contributed by atoms with van der Waals surface area (Å²) in [5.41, 5.74) is 5.71. The predicted molar refractivity (Wildman–Crippen MR) is 183 cm³/mol. The second-order valence-electron chi connectivity index (χ2n) is 13.2. The summed E-state index contributed by atoms with van der Waals surface area (Å²) in [4.78, 5) is 29.4. The molecule has 3 aromatic heterocycles. The molecule has 1 aliphatic carbocycles. The van der Waals surface area contributed by atoms with Crippen LogP contribution in [0.25, 0.3) is 32.4 Å². The van der Waals surface area contributed by atoms with Crippen molar-refractivity contribution in [2.75, 3.05) is 75.5 Å². The van der Waals surface area contributed by atoms with Gasteiger partial charge in [-0.25, -0.2) is 27.2 Å². The highest BCUT2D eigenvalue weighted by molar-refractivity contribution is 7.91. The largest absolute Gasteiger partial charge is 0.472 e. The summed E-state index contributed by atoms with van der Waals surface area (Å²) in [7, 11) is -4.04. The zero-order valence-corrected chi connectivity index (χ0v) is 28.6.